The van der Waals surface area contributed by atoms with Gasteiger partial charge in [-0.3, -0.25) is 9.67 Å². The average molecular weight is 253 g/mol. The van der Waals surface area contributed by atoms with Crippen LogP contribution in [0.4, 0.5) is 0 Å². The Hall–Kier alpha value is -2.56. The van der Waals surface area contributed by atoms with Crippen molar-refractivity contribution in [1.29, 1.82) is 0 Å². The quantitative estimate of drug-likeness (QED) is 0.702. The predicted octanol–water partition coefficient (Wildman–Crippen LogP) is 2.21. The van der Waals surface area contributed by atoms with Gasteiger partial charge in [-0.15, -0.1) is 0 Å². The van der Waals surface area contributed by atoms with Crippen molar-refractivity contribution in [2.45, 2.75) is 6.54 Å². The highest BCUT2D eigenvalue weighted by atomic mass is 16.7. The summed E-state index contributed by atoms with van der Waals surface area (Å²) in [5, 5.41) is 5.46. The van der Waals surface area contributed by atoms with E-state index in [9.17, 15) is 0 Å². The second-order valence-corrected chi connectivity index (χ2v) is 4.43. The van der Waals surface area contributed by atoms with E-state index < -0.39 is 0 Å². The maximum absolute atomic E-state index is 5.41. The van der Waals surface area contributed by atoms with Gasteiger partial charge in [0.2, 0.25) is 6.79 Å². The zero-order valence-electron chi connectivity index (χ0n) is 10.1. The van der Waals surface area contributed by atoms with Crippen LogP contribution < -0.4 is 9.47 Å². The van der Waals surface area contributed by atoms with E-state index in [1.54, 1.807) is 6.20 Å². The second kappa shape index (κ2) is 3.98. The first-order valence-corrected chi connectivity index (χ1v) is 6.04. The van der Waals surface area contributed by atoms with E-state index in [4.69, 9.17) is 9.47 Å². The Labute approximate surface area is 109 Å². The minimum Gasteiger partial charge on any atom is -0.454 e. The molecule has 0 radical (unpaired) electrons. The van der Waals surface area contributed by atoms with Crippen molar-refractivity contribution < 1.29 is 9.47 Å². The molecule has 0 unspecified atom stereocenters. The molecule has 3 heterocycles. The van der Waals surface area contributed by atoms with Crippen LogP contribution in [0.5, 0.6) is 11.5 Å². The van der Waals surface area contributed by atoms with Crippen molar-refractivity contribution >= 4 is 10.9 Å². The van der Waals surface area contributed by atoms with Crippen LogP contribution in [0.1, 0.15) is 5.56 Å². The van der Waals surface area contributed by atoms with Gasteiger partial charge in [-0.2, -0.15) is 5.10 Å². The highest BCUT2D eigenvalue weighted by Crippen LogP contribution is 2.35. The lowest BCUT2D eigenvalue weighted by atomic mass is 10.2. The lowest BCUT2D eigenvalue weighted by Crippen LogP contribution is -2.01. The molecule has 4 rings (SSSR count). The average Bonchev–Trinajstić information content (AvgIpc) is 3.05. The van der Waals surface area contributed by atoms with Crippen molar-refractivity contribution in [3.63, 3.8) is 0 Å². The zero-order valence-corrected chi connectivity index (χ0v) is 10.1. The van der Waals surface area contributed by atoms with Gasteiger partial charge < -0.3 is 9.47 Å². The largest absolute Gasteiger partial charge is 0.454 e. The number of hydrogen-bond donors (Lipinski definition) is 0. The van der Waals surface area contributed by atoms with Crippen molar-refractivity contribution in [3.8, 4) is 11.5 Å². The Balaban J connectivity index is 1.79. The van der Waals surface area contributed by atoms with Crippen LogP contribution in [0.15, 0.2) is 42.9 Å². The molecule has 0 atom stereocenters. The molecule has 1 aromatic carbocycles. The van der Waals surface area contributed by atoms with Crippen LogP contribution in [0.25, 0.3) is 10.9 Å². The fourth-order valence-corrected chi connectivity index (χ4v) is 2.26. The number of nitrogens with zero attached hydrogens (tertiary/aromatic N) is 3. The molecule has 2 aromatic heterocycles. The summed E-state index contributed by atoms with van der Waals surface area (Å²) in [6.45, 7) is 0.981. The van der Waals surface area contributed by atoms with Gasteiger partial charge in [0.15, 0.2) is 11.5 Å². The molecule has 1 aliphatic rings. The third-order valence-electron chi connectivity index (χ3n) is 3.19. The van der Waals surface area contributed by atoms with E-state index in [-0.39, 0.29) is 6.79 Å². The molecule has 0 saturated heterocycles. The minimum atomic E-state index is 0.290. The third-order valence-corrected chi connectivity index (χ3v) is 3.19. The molecule has 94 valence electrons. The molecule has 0 aliphatic carbocycles. The number of hydrogen-bond acceptors (Lipinski definition) is 4. The normalized spacial score (nSPS) is 13.1. The van der Waals surface area contributed by atoms with E-state index in [1.807, 2.05) is 41.3 Å². The Kier molecular flexibility index (Phi) is 2.17. The summed E-state index contributed by atoms with van der Waals surface area (Å²) in [4.78, 5) is 4.12. The monoisotopic (exact) mass is 253 g/mol. The lowest BCUT2D eigenvalue weighted by molar-refractivity contribution is 0.174. The molecule has 19 heavy (non-hydrogen) atoms. The summed E-state index contributed by atoms with van der Waals surface area (Å²) >= 11 is 0. The van der Waals surface area contributed by atoms with Gasteiger partial charge >= 0.3 is 0 Å². The highest BCUT2D eigenvalue weighted by Gasteiger charge is 2.16. The molecule has 0 spiro atoms. The Morgan fingerprint density at radius 2 is 2.05 bits per heavy atom. The first kappa shape index (κ1) is 10.4. The minimum absolute atomic E-state index is 0.290. The van der Waals surface area contributed by atoms with Crippen LogP contribution in [0.2, 0.25) is 0 Å². The molecule has 3 aromatic rings. The van der Waals surface area contributed by atoms with Gasteiger partial charge in [0, 0.05) is 23.8 Å². The van der Waals surface area contributed by atoms with Crippen LogP contribution in [-0.2, 0) is 6.54 Å². The number of ether oxygens (including phenoxy) is 2. The summed E-state index contributed by atoms with van der Waals surface area (Å²) in [5.74, 6) is 1.56. The predicted molar refractivity (Wildman–Crippen MR) is 69.2 cm³/mol. The highest BCUT2D eigenvalue weighted by molar-refractivity contribution is 5.83. The van der Waals surface area contributed by atoms with Crippen LogP contribution >= 0.6 is 0 Å². The number of rotatable bonds is 2. The lowest BCUT2D eigenvalue weighted by Gasteiger charge is -2.04. The molecule has 1 aliphatic heterocycles. The van der Waals surface area contributed by atoms with Crippen LogP contribution in [0.3, 0.4) is 0 Å². The maximum atomic E-state index is 5.41. The molecule has 5 nitrogen and oxygen atoms in total. The first-order valence-electron chi connectivity index (χ1n) is 6.04. The van der Waals surface area contributed by atoms with E-state index in [1.165, 1.54) is 0 Å². The molecular formula is C14H11N3O2. The third kappa shape index (κ3) is 1.71. The first-order chi connectivity index (χ1) is 9.40. The van der Waals surface area contributed by atoms with Crippen molar-refractivity contribution in [2.75, 3.05) is 6.79 Å². The Bertz CT molecular complexity index is 737. The summed E-state index contributed by atoms with van der Waals surface area (Å²) in [6, 6.07) is 7.90. The zero-order chi connectivity index (χ0) is 12.7. The van der Waals surface area contributed by atoms with Crippen molar-refractivity contribution in [3.05, 3.63) is 48.4 Å². The molecular weight excluding hydrogens is 242 g/mol. The number of pyridine rings is 1. The molecule has 0 fully saturated rings. The number of aromatic nitrogens is 3. The molecule has 5 heteroatoms. The molecule has 0 saturated carbocycles. The van der Waals surface area contributed by atoms with Gasteiger partial charge in [0.05, 0.1) is 18.3 Å². The standard InChI is InChI=1S/C14H11N3O2/c1-2-10(6-15-3-1)8-17-12-5-14-13(18-9-19-14)4-11(12)7-16-17/h1-7H,8-9H2. The van der Waals surface area contributed by atoms with Gasteiger partial charge in [-0.05, 0) is 17.7 Å². The van der Waals surface area contributed by atoms with Gasteiger partial charge in [-0.25, -0.2) is 0 Å². The van der Waals surface area contributed by atoms with Gasteiger partial charge in [-0.1, -0.05) is 6.07 Å². The SMILES string of the molecule is c1cncc(Cn2ncc3cc4c(cc32)OCO4)c1. The Morgan fingerprint density at radius 1 is 1.16 bits per heavy atom. The topological polar surface area (TPSA) is 49.2 Å². The maximum Gasteiger partial charge on any atom is 0.231 e. The molecule has 0 N–H and O–H groups in total. The van der Waals surface area contributed by atoms with E-state index in [0.717, 1.165) is 28.0 Å². The van der Waals surface area contributed by atoms with Crippen molar-refractivity contribution in [1.82, 2.24) is 14.8 Å². The molecule has 0 amide bonds. The fraction of sp³-hybridized carbons (Fsp3) is 0.143. The summed E-state index contributed by atoms with van der Waals surface area (Å²) in [7, 11) is 0. The number of fused-ring (bicyclic) bond motifs is 2. The smallest absolute Gasteiger partial charge is 0.231 e. The van der Waals surface area contributed by atoms with Crippen LogP contribution in [0, 0.1) is 0 Å². The van der Waals surface area contributed by atoms with E-state index in [0.29, 0.717) is 6.54 Å². The van der Waals surface area contributed by atoms with Gasteiger partial charge in [0.1, 0.15) is 0 Å². The fourth-order valence-electron chi connectivity index (χ4n) is 2.26. The van der Waals surface area contributed by atoms with Gasteiger partial charge in [0.25, 0.3) is 0 Å². The summed E-state index contributed by atoms with van der Waals surface area (Å²) < 4.78 is 12.7. The van der Waals surface area contributed by atoms with Crippen LogP contribution in [-0.4, -0.2) is 21.6 Å². The second-order valence-electron chi connectivity index (χ2n) is 4.43. The van der Waals surface area contributed by atoms with E-state index >= 15 is 0 Å². The Morgan fingerprint density at radius 3 is 2.89 bits per heavy atom. The number of benzene rings is 1. The van der Waals surface area contributed by atoms with Crippen molar-refractivity contribution in [2.24, 2.45) is 0 Å². The molecule has 0 bridgehead atoms. The summed E-state index contributed by atoms with van der Waals surface area (Å²) in [5.41, 5.74) is 2.15. The van der Waals surface area contributed by atoms with E-state index in [2.05, 4.69) is 10.1 Å². The summed E-state index contributed by atoms with van der Waals surface area (Å²) in [6.07, 6.45) is 5.46.